The highest BCUT2D eigenvalue weighted by Gasteiger charge is 2.12. The lowest BCUT2D eigenvalue weighted by Crippen LogP contribution is -2.27. The third-order valence-corrected chi connectivity index (χ3v) is 3.85. The van der Waals surface area contributed by atoms with E-state index in [0.717, 1.165) is 17.7 Å². The van der Waals surface area contributed by atoms with Crippen LogP contribution in [0.4, 0.5) is 0 Å². The van der Waals surface area contributed by atoms with Gasteiger partial charge in [-0.3, -0.25) is 0 Å². The molecule has 1 fully saturated rings. The van der Waals surface area contributed by atoms with Crippen molar-refractivity contribution in [2.24, 2.45) is 0 Å². The molecule has 0 spiro atoms. The Kier molecular flexibility index (Phi) is 3.55. The number of aromatic nitrogens is 3. The number of H-pyrrole nitrogens is 1. The van der Waals surface area contributed by atoms with Gasteiger partial charge < -0.3 is 10.3 Å². The smallest absolute Gasteiger partial charge is 0.177 e. The van der Waals surface area contributed by atoms with Crippen LogP contribution in [0.1, 0.15) is 44.1 Å². The molecular formula is C14H20N4. The maximum Gasteiger partial charge on any atom is 0.177 e. The molecule has 0 saturated heterocycles. The van der Waals surface area contributed by atoms with Gasteiger partial charge in [0.25, 0.3) is 0 Å². The molecular weight excluding hydrogens is 224 g/mol. The molecule has 96 valence electrons. The lowest BCUT2D eigenvalue weighted by Gasteiger charge is -2.16. The summed E-state index contributed by atoms with van der Waals surface area (Å²) in [4.78, 5) is 11.6. The Bertz CT molecular complexity index is 497. The highest BCUT2D eigenvalue weighted by Crippen LogP contribution is 2.18. The molecule has 0 unspecified atom stereocenters. The number of fused-ring (bicyclic) bond motifs is 1. The molecule has 4 nitrogen and oxygen atoms in total. The van der Waals surface area contributed by atoms with Gasteiger partial charge >= 0.3 is 0 Å². The summed E-state index contributed by atoms with van der Waals surface area (Å²) in [6, 6.07) is 2.75. The van der Waals surface area contributed by atoms with E-state index in [-0.39, 0.29) is 0 Å². The Hall–Kier alpha value is -1.42. The number of aromatic amines is 1. The van der Waals surface area contributed by atoms with Crippen LogP contribution >= 0.6 is 0 Å². The molecule has 1 saturated carbocycles. The summed E-state index contributed by atoms with van der Waals surface area (Å²) in [5, 5.41) is 3.68. The largest absolute Gasteiger partial charge is 0.343 e. The minimum Gasteiger partial charge on any atom is -0.343 e. The topological polar surface area (TPSA) is 53.6 Å². The molecule has 0 aromatic carbocycles. The van der Waals surface area contributed by atoms with E-state index >= 15 is 0 Å². The summed E-state index contributed by atoms with van der Waals surface area (Å²) in [5.41, 5.74) is 3.15. The standard InChI is InChI=1S/C14H20N4/c1-2-4-6-12(5-3-1)16-9-11-7-8-15-14-13(11)17-10-18-14/h7-8,10,12,16H,1-6,9H2,(H,15,17,18). The molecule has 2 N–H and O–H groups in total. The fraction of sp³-hybridized carbons (Fsp3) is 0.571. The van der Waals surface area contributed by atoms with Crippen LogP contribution in [0.3, 0.4) is 0 Å². The summed E-state index contributed by atoms with van der Waals surface area (Å²) in [5.74, 6) is 0. The minimum atomic E-state index is 0.679. The van der Waals surface area contributed by atoms with Crippen molar-refractivity contribution in [2.75, 3.05) is 0 Å². The highest BCUT2D eigenvalue weighted by molar-refractivity contribution is 5.73. The van der Waals surface area contributed by atoms with Gasteiger partial charge in [-0.15, -0.1) is 0 Å². The number of imidazole rings is 1. The van der Waals surface area contributed by atoms with Gasteiger partial charge in [-0.25, -0.2) is 9.97 Å². The van der Waals surface area contributed by atoms with Crippen molar-refractivity contribution in [1.82, 2.24) is 20.3 Å². The number of rotatable bonds is 3. The molecule has 2 aromatic heterocycles. The van der Waals surface area contributed by atoms with Crippen LogP contribution in [-0.4, -0.2) is 21.0 Å². The number of nitrogens with zero attached hydrogens (tertiary/aromatic N) is 2. The second-order valence-corrected chi connectivity index (χ2v) is 5.14. The second kappa shape index (κ2) is 5.48. The minimum absolute atomic E-state index is 0.679. The van der Waals surface area contributed by atoms with Crippen LogP contribution in [0.5, 0.6) is 0 Å². The number of hydrogen-bond donors (Lipinski definition) is 2. The van der Waals surface area contributed by atoms with E-state index in [4.69, 9.17) is 0 Å². The number of nitrogens with one attached hydrogen (secondary N) is 2. The molecule has 1 aliphatic rings. The second-order valence-electron chi connectivity index (χ2n) is 5.14. The zero-order valence-electron chi connectivity index (χ0n) is 10.7. The average molecular weight is 244 g/mol. The van der Waals surface area contributed by atoms with Crippen LogP contribution < -0.4 is 5.32 Å². The molecule has 0 bridgehead atoms. The van der Waals surface area contributed by atoms with E-state index in [9.17, 15) is 0 Å². The van der Waals surface area contributed by atoms with Crippen LogP contribution in [0.2, 0.25) is 0 Å². The summed E-state index contributed by atoms with van der Waals surface area (Å²) in [6.45, 7) is 0.909. The van der Waals surface area contributed by atoms with Crippen molar-refractivity contribution in [2.45, 2.75) is 51.1 Å². The Morgan fingerprint density at radius 1 is 1.17 bits per heavy atom. The lowest BCUT2D eigenvalue weighted by molar-refractivity contribution is 0.460. The van der Waals surface area contributed by atoms with Gasteiger partial charge in [0.05, 0.1) is 11.8 Å². The quantitative estimate of drug-likeness (QED) is 0.816. The zero-order valence-corrected chi connectivity index (χ0v) is 10.7. The Morgan fingerprint density at radius 3 is 2.83 bits per heavy atom. The fourth-order valence-electron chi connectivity index (χ4n) is 2.79. The fourth-order valence-corrected chi connectivity index (χ4v) is 2.79. The molecule has 1 aliphatic carbocycles. The van der Waals surface area contributed by atoms with Gasteiger partial charge in [-0.2, -0.15) is 0 Å². The molecule has 0 radical (unpaired) electrons. The molecule has 4 heteroatoms. The predicted octanol–water partition coefficient (Wildman–Crippen LogP) is 2.77. The Morgan fingerprint density at radius 2 is 2.00 bits per heavy atom. The molecule has 2 aromatic rings. The Balaban J connectivity index is 1.67. The first kappa shape index (κ1) is 11.7. The van der Waals surface area contributed by atoms with Crippen LogP contribution in [0.25, 0.3) is 11.2 Å². The van der Waals surface area contributed by atoms with E-state index in [0.29, 0.717) is 6.04 Å². The van der Waals surface area contributed by atoms with Crippen molar-refractivity contribution >= 4 is 11.2 Å². The van der Waals surface area contributed by atoms with Gasteiger partial charge in [0.1, 0.15) is 0 Å². The Labute approximate surface area is 107 Å². The highest BCUT2D eigenvalue weighted by atomic mass is 15.0. The third-order valence-electron chi connectivity index (χ3n) is 3.85. The summed E-state index contributed by atoms with van der Waals surface area (Å²) >= 11 is 0. The van der Waals surface area contributed by atoms with Crippen molar-refractivity contribution in [1.29, 1.82) is 0 Å². The monoisotopic (exact) mass is 244 g/mol. The van der Waals surface area contributed by atoms with Crippen LogP contribution in [-0.2, 0) is 6.54 Å². The molecule has 0 atom stereocenters. The number of pyridine rings is 1. The first-order valence-corrected chi connectivity index (χ1v) is 6.94. The van der Waals surface area contributed by atoms with Gasteiger partial charge in [0.2, 0.25) is 0 Å². The van der Waals surface area contributed by atoms with Gasteiger partial charge in [0.15, 0.2) is 5.65 Å². The molecule has 18 heavy (non-hydrogen) atoms. The third kappa shape index (κ3) is 2.53. The maximum absolute atomic E-state index is 4.24. The van der Waals surface area contributed by atoms with Gasteiger partial charge in [0, 0.05) is 18.8 Å². The van der Waals surface area contributed by atoms with Crippen LogP contribution in [0, 0.1) is 0 Å². The zero-order chi connectivity index (χ0) is 12.2. The molecule has 3 rings (SSSR count). The van der Waals surface area contributed by atoms with E-state index in [1.807, 2.05) is 6.20 Å². The van der Waals surface area contributed by atoms with E-state index in [2.05, 4.69) is 26.3 Å². The lowest BCUT2D eigenvalue weighted by atomic mass is 10.1. The average Bonchev–Trinajstić information content (AvgIpc) is 2.73. The van der Waals surface area contributed by atoms with Crippen molar-refractivity contribution < 1.29 is 0 Å². The van der Waals surface area contributed by atoms with Gasteiger partial charge in [-0.05, 0) is 24.5 Å². The van der Waals surface area contributed by atoms with Crippen LogP contribution in [0.15, 0.2) is 18.6 Å². The molecule has 0 aliphatic heterocycles. The molecule has 0 amide bonds. The van der Waals surface area contributed by atoms with Crippen molar-refractivity contribution in [3.63, 3.8) is 0 Å². The summed E-state index contributed by atoms with van der Waals surface area (Å²) in [6.07, 6.45) is 11.7. The first-order valence-electron chi connectivity index (χ1n) is 6.94. The van der Waals surface area contributed by atoms with Crippen molar-refractivity contribution in [3.05, 3.63) is 24.2 Å². The number of hydrogen-bond acceptors (Lipinski definition) is 3. The predicted molar refractivity (Wildman–Crippen MR) is 72.2 cm³/mol. The summed E-state index contributed by atoms with van der Waals surface area (Å²) in [7, 11) is 0. The van der Waals surface area contributed by atoms with E-state index < -0.39 is 0 Å². The summed E-state index contributed by atoms with van der Waals surface area (Å²) < 4.78 is 0. The first-order chi connectivity index (χ1) is 8.93. The molecule has 2 heterocycles. The SMILES string of the molecule is c1cc(CNC2CCCCCC2)c2[nH]cnc2n1. The van der Waals surface area contributed by atoms with Gasteiger partial charge in [-0.1, -0.05) is 25.7 Å². The van der Waals surface area contributed by atoms with E-state index in [1.165, 1.54) is 44.1 Å². The normalized spacial score (nSPS) is 18.0. The van der Waals surface area contributed by atoms with E-state index in [1.54, 1.807) is 6.33 Å². The van der Waals surface area contributed by atoms with Crippen molar-refractivity contribution in [3.8, 4) is 0 Å². The maximum atomic E-state index is 4.24.